The van der Waals surface area contributed by atoms with Crippen molar-refractivity contribution in [2.24, 2.45) is 0 Å². The molecule has 0 spiro atoms. The minimum Gasteiger partial charge on any atom is -0.304 e. The zero-order valence-corrected chi connectivity index (χ0v) is 13.0. The van der Waals surface area contributed by atoms with Crippen molar-refractivity contribution in [3.63, 3.8) is 0 Å². The Morgan fingerprint density at radius 2 is 1.40 bits per heavy atom. The van der Waals surface area contributed by atoms with Gasteiger partial charge in [0.15, 0.2) is 8.07 Å². The molecule has 1 nitrogen and oxygen atoms in total. The SMILES string of the molecule is C/C=C/CC(=O)[Si](C)(c1ccccc1)c1ccccc1. The summed E-state index contributed by atoms with van der Waals surface area (Å²) in [5, 5.41) is 2.72. The van der Waals surface area contributed by atoms with Crippen LogP contribution in [0.5, 0.6) is 0 Å². The summed E-state index contributed by atoms with van der Waals surface area (Å²) in [4.78, 5) is 12.8. The third kappa shape index (κ3) is 2.80. The van der Waals surface area contributed by atoms with Crippen molar-refractivity contribution in [2.45, 2.75) is 19.9 Å². The minimum absolute atomic E-state index is 0.355. The molecule has 0 unspecified atom stereocenters. The summed E-state index contributed by atoms with van der Waals surface area (Å²) in [7, 11) is -2.33. The van der Waals surface area contributed by atoms with Crippen molar-refractivity contribution in [2.75, 3.05) is 0 Å². The lowest BCUT2D eigenvalue weighted by molar-refractivity contribution is -0.111. The molecular formula is C18H20OSi. The Morgan fingerprint density at radius 3 is 1.80 bits per heavy atom. The van der Waals surface area contributed by atoms with Crippen molar-refractivity contribution >= 4 is 23.9 Å². The van der Waals surface area contributed by atoms with Gasteiger partial charge in [0.05, 0.1) is 0 Å². The lowest BCUT2D eigenvalue weighted by atomic mass is 10.4. The highest BCUT2D eigenvalue weighted by atomic mass is 28.3. The van der Waals surface area contributed by atoms with Gasteiger partial charge in [-0.05, 0) is 17.3 Å². The average molecular weight is 280 g/mol. The largest absolute Gasteiger partial charge is 0.304 e. The summed E-state index contributed by atoms with van der Waals surface area (Å²) in [6.07, 6.45) is 4.42. The maximum absolute atomic E-state index is 12.8. The van der Waals surface area contributed by atoms with Crippen LogP contribution in [0.4, 0.5) is 0 Å². The predicted octanol–water partition coefficient (Wildman–Crippen LogP) is 2.95. The van der Waals surface area contributed by atoms with Gasteiger partial charge in [-0.2, -0.15) is 0 Å². The van der Waals surface area contributed by atoms with Crippen LogP contribution in [0, 0.1) is 0 Å². The van der Waals surface area contributed by atoms with Crippen LogP contribution in [-0.2, 0) is 4.79 Å². The Hall–Kier alpha value is -1.93. The van der Waals surface area contributed by atoms with Crippen molar-refractivity contribution < 1.29 is 4.79 Å². The summed E-state index contributed by atoms with van der Waals surface area (Å²) in [5.41, 5.74) is 0. The first kappa shape index (κ1) is 14.5. The highest BCUT2D eigenvalue weighted by Gasteiger charge is 2.38. The maximum Gasteiger partial charge on any atom is 0.191 e. The molecule has 0 aliphatic heterocycles. The highest BCUT2D eigenvalue weighted by Crippen LogP contribution is 2.10. The summed E-state index contributed by atoms with van der Waals surface area (Å²) in [6, 6.07) is 20.4. The zero-order valence-electron chi connectivity index (χ0n) is 12.0. The van der Waals surface area contributed by atoms with Gasteiger partial charge in [0.2, 0.25) is 0 Å². The molecule has 0 N–H and O–H groups in total. The van der Waals surface area contributed by atoms with Gasteiger partial charge < -0.3 is 4.79 Å². The summed E-state index contributed by atoms with van der Waals surface area (Å²) < 4.78 is 0. The van der Waals surface area contributed by atoms with Gasteiger partial charge in [-0.15, -0.1) is 0 Å². The van der Waals surface area contributed by atoms with E-state index in [1.165, 1.54) is 10.4 Å². The van der Waals surface area contributed by atoms with E-state index < -0.39 is 8.07 Å². The molecule has 0 heterocycles. The van der Waals surface area contributed by atoms with Gasteiger partial charge in [0.25, 0.3) is 0 Å². The fourth-order valence-electron chi connectivity index (χ4n) is 2.46. The van der Waals surface area contributed by atoms with Gasteiger partial charge in [-0.25, -0.2) is 0 Å². The van der Waals surface area contributed by atoms with Crippen LogP contribution in [0.25, 0.3) is 0 Å². The van der Waals surface area contributed by atoms with Crippen LogP contribution >= 0.6 is 0 Å². The fourth-order valence-corrected chi connectivity index (χ4v) is 5.68. The quantitative estimate of drug-likeness (QED) is 0.608. The molecule has 0 saturated carbocycles. The molecule has 2 heteroatoms. The number of rotatable bonds is 5. The molecule has 102 valence electrons. The molecule has 20 heavy (non-hydrogen) atoms. The van der Waals surface area contributed by atoms with E-state index in [1.54, 1.807) is 0 Å². The van der Waals surface area contributed by atoms with Crippen molar-refractivity contribution in [1.29, 1.82) is 0 Å². The monoisotopic (exact) mass is 280 g/mol. The smallest absolute Gasteiger partial charge is 0.191 e. The minimum atomic E-state index is -2.33. The molecule has 2 rings (SSSR count). The second-order valence-corrected chi connectivity index (χ2v) is 9.02. The Kier molecular flexibility index (Phi) is 4.69. The summed E-state index contributed by atoms with van der Waals surface area (Å²) >= 11 is 0. The predicted molar refractivity (Wildman–Crippen MR) is 88.2 cm³/mol. The van der Waals surface area contributed by atoms with Gasteiger partial charge in [0.1, 0.15) is 5.41 Å². The maximum atomic E-state index is 12.8. The number of benzene rings is 2. The lowest BCUT2D eigenvalue weighted by Crippen LogP contribution is -2.62. The second kappa shape index (κ2) is 6.48. The topological polar surface area (TPSA) is 17.1 Å². The zero-order chi connectivity index (χ0) is 14.4. The normalized spacial score (nSPS) is 11.7. The number of allylic oxidation sites excluding steroid dienone is 2. The third-order valence-electron chi connectivity index (χ3n) is 3.80. The van der Waals surface area contributed by atoms with E-state index >= 15 is 0 Å². The van der Waals surface area contributed by atoms with Crippen LogP contribution in [0.15, 0.2) is 72.8 Å². The third-order valence-corrected chi connectivity index (χ3v) is 8.09. The van der Waals surface area contributed by atoms with Gasteiger partial charge >= 0.3 is 0 Å². The molecular weight excluding hydrogens is 260 g/mol. The van der Waals surface area contributed by atoms with Crippen molar-refractivity contribution in [1.82, 2.24) is 0 Å². The standard InChI is InChI=1S/C18H20OSi/c1-3-4-15-18(19)20(2,16-11-7-5-8-12-16)17-13-9-6-10-14-17/h3-14H,15H2,1-2H3/b4-3+. The average Bonchev–Trinajstić information content (AvgIpc) is 2.53. The Morgan fingerprint density at radius 1 is 0.950 bits per heavy atom. The van der Waals surface area contributed by atoms with Crippen LogP contribution in [0.3, 0.4) is 0 Å². The molecule has 0 aliphatic rings. The van der Waals surface area contributed by atoms with E-state index in [0.717, 1.165) is 0 Å². The summed E-state index contributed by atoms with van der Waals surface area (Å²) in [6.45, 7) is 4.11. The van der Waals surface area contributed by atoms with Crippen molar-refractivity contribution in [3.05, 3.63) is 72.8 Å². The number of hydrogen-bond acceptors (Lipinski definition) is 1. The molecule has 0 radical (unpaired) electrons. The van der Waals surface area contributed by atoms with Gasteiger partial charge in [-0.1, -0.05) is 79.4 Å². The molecule has 0 atom stereocenters. The number of carbonyl (C=O) groups is 1. The molecule has 0 aromatic heterocycles. The molecule has 0 amide bonds. The number of carbonyl (C=O) groups excluding carboxylic acids is 1. The first-order chi connectivity index (χ1) is 9.69. The highest BCUT2D eigenvalue weighted by molar-refractivity contribution is 7.21. The molecule has 0 fully saturated rings. The molecule has 0 saturated heterocycles. The Labute approximate surface area is 122 Å². The van der Waals surface area contributed by atoms with Crippen LogP contribution in [-0.4, -0.2) is 13.5 Å². The number of hydrogen-bond donors (Lipinski definition) is 0. The Bertz CT molecular complexity index is 548. The Balaban J connectivity index is 2.52. The van der Waals surface area contributed by atoms with Crippen LogP contribution in [0.1, 0.15) is 13.3 Å². The van der Waals surface area contributed by atoms with Crippen LogP contribution in [0.2, 0.25) is 6.55 Å². The first-order valence-corrected chi connectivity index (χ1v) is 9.45. The van der Waals surface area contributed by atoms with E-state index in [9.17, 15) is 4.79 Å². The van der Waals surface area contributed by atoms with E-state index in [1.807, 2.05) is 55.5 Å². The van der Waals surface area contributed by atoms with E-state index in [-0.39, 0.29) is 0 Å². The van der Waals surface area contributed by atoms with E-state index in [0.29, 0.717) is 11.8 Å². The first-order valence-electron chi connectivity index (χ1n) is 6.95. The second-order valence-electron chi connectivity index (χ2n) is 5.05. The molecule has 0 bridgehead atoms. The lowest BCUT2D eigenvalue weighted by Gasteiger charge is -2.26. The van der Waals surface area contributed by atoms with Crippen molar-refractivity contribution in [3.8, 4) is 0 Å². The van der Waals surface area contributed by atoms with Crippen LogP contribution < -0.4 is 10.4 Å². The summed E-state index contributed by atoms with van der Waals surface area (Å²) in [5.74, 6) is 0. The van der Waals surface area contributed by atoms with E-state index in [4.69, 9.17) is 0 Å². The van der Waals surface area contributed by atoms with E-state index in [2.05, 4.69) is 30.8 Å². The van der Waals surface area contributed by atoms with Gasteiger partial charge in [0, 0.05) is 6.42 Å². The molecule has 2 aromatic carbocycles. The molecule has 0 aliphatic carbocycles. The fraction of sp³-hybridized carbons (Fsp3) is 0.167. The molecule has 2 aromatic rings. The van der Waals surface area contributed by atoms with Gasteiger partial charge in [-0.3, -0.25) is 0 Å².